The van der Waals surface area contributed by atoms with Crippen molar-refractivity contribution >= 4 is 17.4 Å². The molecule has 1 aromatic heterocycles. The van der Waals surface area contributed by atoms with Crippen LogP contribution in [0.2, 0.25) is 0 Å². The van der Waals surface area contributed by atoms with E-state index in [9.17, 15) is 9.59 Å². The molecule has 0 bridgehead atoms. The summed E-state index contributed by atoms with van der Waals surface area (Å²) in [6, 6.07) is 14.3. The second kappa shape index (κ2) is 8.90. The maximum absolute atomic E-state index is 12.3. The van der Waals surface area contributed by atoms with Gasteiger partial charge in [0.15, 0.2) is 18.2 Å². The van der Waals surface area contributed by atoms with Crippen LogP contribution < -0.4 is 10.1 Å². The molecule has 0 aliphatic carbocycles. The maximum Gasteiger partial charge on any atom is 0.262 e. The van der Waals surface area contributed by atoms with E-state index in [1.165, 1.54) is 13.3 Å². The van der Waals surface area contributed by atoms with Crippen LogP contribution in [-0.2, 0) is 17.8 Å². The molecular formula is C23H24N4O3. The number of carbonyl (C=O) groups excluding carboxylic acids is 2. The molecule has 3 aromatic rings. The fourth-order valence-corrected chi connectivity index (χ4v) is 3.57. The lowest BCUT2D eigenvalue weighted by atomic mass is 10.1. The number of carbonyl (C=O) groups is 2. The smallest absolute Gasteiger partial charge is 0.262 e. The van der Waals surface area contributed by atoms with Crippen LogP contribution in [0, 0.1) is 0 Å². The molecule has 1 N–H and O–H groups in total. The molecule has 7 heteroatoms. The van der Waals surface area contributed by atoms with Crippen LogP contribution in [0.3, 0.4) is 0 Å². The molecule has 7 nitrogen and oxygen atoms in total. The molecule has 2 heterocycles. The summed E-state index contributed by atoms with van der Waals surface area (Å²) in [7, 11) is 0. The van der Waals surface area contributed by atoms with Crippen molar-refractivity contribution in [1.29, 1.82) is 0 Å². The Labute approximate surface area is 175 Å². The summed E-state index contributed by atoms with van der Waals surface area (Å²) >= 11 is 0. The van der Waals surface area contributed by atoms with Gasteiger partial charge in [-0.1, -0.05) is 18.6 Å². The number of anilines is 1. The van der Waals surface area contributed by atoms with E-state index >= 15 is 0 Å². The lowest BCUT2D eigenvalue weighted by Gasteiger charge is -2.10. The van der Waals surface area contributed by atoms with Gasteiger partial charge in [0.05, 0.1) is 0 Å². The standard InChI is InChI=1S/C23H24N4O3/c1-16(28)17-9-11-20(12-10-17)30-15-22(29)24-19-7-5-6-18(14-19)23-26-25-21-8-3-2-4-13-27(21)23/h5-7,9-12,14H,2-4,8,13,15H2,1H3,(H,24,29). The van der Waals surface area contributed by atoms with Gasteiger partial charge in [-0.3, -0.25) is 9.59 Å². The third-order valence-corrected chi connectivity index (χ3v) is 5.14. The number of hydrogen-bond donors (Lipinski definition) is 1. The van der Waals surface area contributed by atoms with Crippen molar-refractivity contribution in [1.82, 2.24) is 14.8 Å². The molecule has 1 aliphatic rings. The summed E-state index contributed by atoms with van der Waals surface area (Å²) in [5.41, 5.74) is 2.21. The summed E-state index contributed by atoms with van der Waals surface area (Å²) in [6.45, 7) is 2.31. The highest BCUT2D eigenvalue weighted by Crippen LogP contribution is 2.25. The average Bonchev–Trinajstić information content (AvgIpc) is 3.01. The quantitative estimate of drug-likeness (QED) is 0.630. The van der Waals surface area contributed by atoms with E-state index < -0.39 is 0 Å². The number of nitrogens with zero attached hydrogens (tertiary/aromatic N) is 3. The molecule has 0 atom stereocenters. The molecule has 1 aliphatic heterocycles. The van der Waals surface area contributed by atoms with E-state index in [0.29, 0.717) is 17.0 Å². The van der Waals surface area contributed by atoms with Gasteiger partial charge in [0, 0.05) is 29.8 Å². The Kier molecular flexibility index (Phi) is 5.88. The van der Waals surface area contributed by atoms with Crippen molar-refractivity contribution in [3.8, 4) is 17.1 Å². The summed E-state index contributed by atoms with van der Waals surface area (Å²) in [5.74, 6) is 2.13. The Morgan fingerprint density at radius 2 is 1.90 bits per heavy atom. The van der Waals surface area contributed by atoms with Gasteiger partial charge in [-0.05, 0) is 56.2 Å². The molecule has 0 radical (unpaired) electrons. The second-order valence-electron chi connectivity index (χ2n) is 7.40. The fraction of sp³-hybridized carbons (Fsp3) is 0.304. The number of fused-ring (bicyclic) bond motifs is 1. The Bertz CT molecular complexity index is 1060. The van der Waals surface area contributed by atoms with Gasteiger partial charge in [0.25, 0.3) is 5.91 Å². The maximum atomic E-state index is 12.3. The van der Waals surface area contributed by atoms with Crippen molar-refractivity contribution in [3.05, 3.63) is 59.9 Å². The van der Waals surface area contributed by atoms with Gasteiger partial charge in [-0.25, -0.2) is 0 Å². The van der Waals surface area contributed by atoms with Crippen LogP contribution in [-0.4, -0.2) is 33.1 Å². The van der Waals surface area contributed by atoms with Gasteiger partial charge in [0.1, 0.15) is 11.6 Å². The summed E-state index contributed by atoms with van der Waals surface area (Å²) in [4.78, 5) is 23.6. The van der Waals surface area contributed by atoms with Gasteiger partial charge >= 0.3 is 0 Å². The molecule has 0 saturated heterocycles. The third-order valence-electron chi connectivity index (χ3n) is 5.14. The number of nitrogens with one attached hydrogen (secondary N) is 1. The van der Waals surface area contributed by atoms with Crippen LogP contribution in [0.15, 0.2) is 48.5 Å². The highest BCUT2D eigenvalue weighted by atomic mass is 16.5. The van der Waals surface area contributed by atoms with E-state index in [4.69, 9.17) is 4.74 Å². The number of hydrogen-bond acceptors (Lipinski definition) is 5. The first-order chi connectivity index (χ1) is 14.6. The first-order valence-electron chi connectivity index (χ1n) is 10.2. The van der Waals surface area contributed by atoms with Gasteiger partial charge < -0.3 is 14.6 Å². The molecular weight excluding hydrogens is 380 g/mol. The summed E-state index contributed by atoms with van der Waals surface area (Å²) < 4.78 is 7.70. The monoisotopic (exact) mass is 404 g/mol. The minimum Gasteiger partial charge on any atom is -0.484 e. The molecule has 0 unspecified atom stereocenters. The zero-order valence-corrected chi connectivity index (χ0v) is 16.9. The molecule has 1 amide bonds. The Balaban J connectivity index is 1.40. The highest BCUT2D eigenvalue weighted by molar-refractivity contribution is 5.94. The van der Waals surface area contributed by atoms with Crippen molar-refractivity contribution in [2.75, 3.05) is 11.9 Å². The largest absolute Gasteiger partial charge is 0.484 e. The van der Waals surface area contributed by atoms with E-state index in [0.717, 1.165) is 43.0 Å². The SMILES string of the molecule is CC(=O)c1ccc(OCC(=O)Nc2cccc(-c3nnc4n3CCCCC4)c2)cc1. The number of ether oxygens (including phenoxy) is 1. The first-order valence-corrected chi connectivity index (χ1v) is 10.2. The van der Waals surface area contributed by atoms with Gasteiger partial charge in [-0.15, -0.1) is 10.2 Å². The Morgan fingerprint density at radius 3 is 2.70 bits per heavy atom. The number of benzene rings is 2. The van der Waals surface area contributed by atoms with Crippen molar-refractivity contribution in [2.45, 2.75) is 39.2 Å². The van der Waals surface area contributed by atoms with Gasteiger partial charge in [-0.2, -0.15) is 0 Å². The number of Topliss-reactive ketones (excluding diaryl/α,β-unsaturated/α-hetero) is 1. The predicted octanol–water partition coefficient (Wildman–Crippen LogP) is 3.89. The third kappa shape index (κ3) is 4.56. The van der Waals surface area contributed by atoms with Crippen LogP contribution in [0.5, 0.6) is 5.75 Å². The summed E-state index contributed by atoms with van der Waals surface area (Å²) in [5, 5.41) is 11.6. The number of amides is 1. The first kappa shape index (κ1) is 19.8. The van der Waals surface area contributed by atoms with Crippen molar-refractivity contribution < 1.29 is 14.3 Å². The average molecular weight is 404 g/mol. The van der Waals surface area contributed by atoms with E-state index in [1.54, 1.807) is 24.3 Å². The summed E-state index contributed by atoms with van der Waals surface area (Å²) in [6.07, 6.45) is 4.43. The van der Waals surface area contributed by atoms with Crippen LogP contribution in [0.25, 0.3) is 11.4 Å². The number of aryl methyl sites for hydroxylation is 1. The van der Waals surface area contributed by atoms with Crippen molar-refractivity contribution in [3.63, 3.8) is 0 Å². The molecule has 2 aromatic carbocycles. The minimum atomic E-state index is -0.261. The Morgan fingerprint density at radius 1 is 1.07 bits per heavy atom. The lowest BCUT2D eigenvalue weighted by molar-refractivity contribution is -0.118. The topological polar surface area (TPSA) is 86.1 Å². The second-order valence-corrected chi connectivity index (χ2v) is 7.40. The zero-order valence-electron chi connectivity index (χ0n) is 16.9. The van der Waals surface area contributed by atoms with Crippen LogP contribution >= 0.6 is 0 Å². The fourth-order valence-electron chi connectivity index (χ4n) is 3.57. The zero-order chi connectivity index (χ0) is 20.9. The molecule has 0 spiro atoms. The van der Waals surface area contributed by atoms with E-state index in [2.05, 4.69) is 20.1 Å². The highest BCUT2D eigenvalue weighted by Gasteiger charge is 2.16. The normalized spacial score (nSPS) is 13.2. The van der Waals surface area contributed by atoms with Crippen molar-refractivity contribution in [2.24, 2.45) is 0 Å². The number of aromatic nitrogens is 3. The van der Waals surface area contributed by atoms with Crippen LogP contribution in [0.1, 0.15) is 42.4 Å². The number of rotatable bonds is 6. The Hall–Kier alpha value is -3.48. The van der Waals surface area contributed by atoms with Gasteiger partial charge in [0.2, 0.25) is 0 Å². The number of ketones is 1. The van der Waals surface area contributed by atoms with Crippen LogP contribution in [0.4, 0.5) is 5.69 Å². The molecule has 30 heavy (non-hydrogen) atoms. The predicted molar refractivity (Wildman–Crippen MR) is 114 cm³/mol. The minimum absolute atomic E-state index is 0.0104. The molecule has 0 fully saturated rings. The lowest BCUT2D eigenvalue weighted by Crippen LogP contribution is -2.20. The van der Waals surface area contributed by atoms with E-state index in [1.807, 2.05) is 24.3 Å². The molecule has 4 rings (SSSR count). The van der Waals surface area contributed by atoms with E-state index in [-0.39, 0.29) is 18.3 Å². The molecule has 154 valence electrons. The molecule has 0 saturated carbocycles.